The van der Waals surface area contributed by atoms with Crippen LogP contribution in [-0.2, 0) is 15.8 Å². The molecule has 0 saturated heterocycles. The van der Waals surface area contributed by atoms with Gasteiger partial charge in [-0.15, -0.1) is 0 Å². The van der Waals surface area contributed by atoms with E-state index in [-0.39, 0.29) is 17.0 Å². The number of nitrogens with zero attached hydrogens (tertiary/aromatic N) is 3. The van der Waals surface area contributed by atoms with Crippen molar-refractivity contribution < 1.29 is 4.74 Å². The van der Waals surface area contributed by atoms with E-state index in [2.05, 4.69) is 35.7 Å². The minimum absolute atomic E-state index is 0.134. The van der Waals surface area contributed by atoms with E-state index >= 15 is 0 Å². The number of hydrogen-bond donors (Lipinski definition) is 1. The number of aromatic nitrogens is 3. The number of methoxy groups -OCH3 is 1. The Balaban J connectivity index is 2.45. The summed E-state index contributed by atoms with van der Waals surface area (Å²) in [6.07, 6.45) is 3.05. The lowest BCUT2D eigenvalue weighted by molar-refractivity contribution is -0.0849. The van der Waals surface area contributed by atoms with Gasteiger partial charge in [-0.25, -0.2) is 4.98 Å². The monoisotopic (exact) mass is 236 g/mol. The first-order valence-electron chi connectivity index (χ1n) is 5.95. The summed E-state index contributed by atoms with van der Waals surface area (Å²) >= 11 is 0. The van der Waals surface area contributed by atoms with Gasteiger partial charge in [-0.1, -0.05) is 20.8 Å². The van der Waals surface area contributed by atoms with Gasteiger partial charge in [0, 0.05) is 12.5 Å². The second kappa shape index (κ2) is 3.91. The zero-order chi connectivity index (χ0) is 12.7. The molecule has 1 aromatic heterocycles. The van der Waals surface area contributed by atoms with E-state index in [0.717, 1.165) is 25.1 Å². The predicted octanol–water partition coefficient (Wildman–Crippen LogP) is 1.78. The fourth-order valence-corrected chi connectivity index (χ4v) is 1.95. The lowest BCUT2D eigenvalue weighted by Crippen LogP contribution is -2.39. The normalized spacial score (nSPS) is 18.8. The van der Waals surface area contributed by atoms with Gasteiger partial charge in [0.1, 0.15) is 11.4 Å². The van der Waals surface area contributed by atoms with Gasteiger partial charge in [-0.05, 0) is 19.3 Å². The quantitative estimate of drug-likeness (QED) is 0.847. The van der Waals surface area contributed by atoms with Gasteiger partial charge >= 0.3 is 0 Å². The van der Waals surface area contributed by atoms with E-state index < -0.39 is 0 Å². The molecule has 1 saturated carbocycles. The second-order valence-electron chi connectivity index (χ2n) is 5.64. The van der Waals surface area contributed by atoms with Crippen LogP contribution in [0.15, 0.2) is 0 Å². The van der Waals surface area contributed by atoms with Crippen LogP contribution in [0.4, 0.5) is 5.95 Å². The molecule has 5 heteroatoms. The summed E-state index contributed by atoms with van der Waals surface area (Å²) in [7, 11) is 1.70. The molecule has 1 aromatic rings. The first kappa shape index (κ1) is 12.2. The highest BCUT2D eigenvalue weighted by atomic mass is 16.5. The maximum atomic E-state index is 5.77. The Morgan fingerprint density at radius 3 is 2.24 bits per heavy atom. The Labute approximate surface area is 102 Å². The Hall–Kier alpha value is -1.23. The third-order valence-electron chi connectivity index (χ3n) is 3.28. The van der Waals surface area contributed by atoms with E-state index in [9.17, 15) is 0 Å². The first-order valence-corrected chi connectivity index (χ1v) is 5.95. The van der Waals surface area contributed by atoms with E-state index in [4.69, 9.17) is 10.5 Å². The molecule has 0 aliphatic heterocycles. The average Bonchev–Trinajstić information content (AvgIpc) is 2.14. The van der Waals surface area contributed by atoms with Crippen LogP contribution in [-0.4, -0.2) is 22.1 Å². The fraction of sp³-hybridized carbons (Fsp3) is 0.750. The van der Waals surface area contributed by atoms with Crippen LogP contribution in [0.1, 0.15) is 51.7 Å². The molecule has 0 atom stereocenters. The third-order valence-corrected chi connectivity index (χ3v) is 3.28. The molecule has 2 N–H and O–H groups in total. The molecule has 0 aromatic carbocycles. The molecule has 0 bridgehead atoms. The van der Waals surface area contributed by atoms with Gasteiger partial charge in [-0.2, -0.15) is 9.97 Å². The maximum absolute atomic E-state index is 5.77. The molecular weight excluding hydrogens is 216 g/mol. The summed E-state index contributed by atoms with van der Waals surface area (Å²) in [6.45, 7) is 6.18. The Morgan fingerprint density at radius 1 is 1.18 bits per heavy atom. The van der Waals surface area contributed by atoms with Crippen molar-refractivity contribution in [1.82, 2.24) is 15.0 Å². The van der Waals surface area contributed by atoms with E-state index in [1.165, 1.54) is 0 Å². The van der Waals surface area contributed by atoms with Crippen LogP contribution in [0, 0.1) is 0 Å². The molecule has 0 unspecified atom stereocenters. The summed E-state index contributed by atoms with van der Waals surface area (Å²) in [5.41, 5.74) is 5.30. The number of hydrogen-bond acceptors (Lipinski definition) is 5. The van der Waals surface area contributed by atoms with Crippen molar-refractivity contribution in [2.45, 2.75) is 51.0 Å². The van der Waals surface area contributed by atoms with Gasteiger partial charge in [-0.3, -0.25) is 0 Å². The molecule has 5 nitrogen and oxygen atoms in total. The summed E-state index contributed by atoms with van der Waals surface area (Å²) in [4.78, 5) is 13.0. The van der Waals surface area contributed by atoms with E-state index in [1.807, 2.05) is 0 Å². The van der Waals surface area contributed by atoms with Crippen LogP contribution in [0.2, 0.25) is 0 Å². The van der Waals surface area contributed by atoms with Crippen molar-refractivity contribution in [2.24, 2.45) is 0 Å². The topological polar surface area (TPSA) is 73.9 Å². The second-order valence-corrected chi connectivity index (χ2v) is 5.64. The third kappa shape index (κ3) is 2.11. The Bertz CT molecular complexity index is 415. The molecule has 1 fully saturated rings. The zero-order valence-electron chi connectivity index (χ0n) is 10.9. The number of nitrogens with two attached hydrogens (primary N) is 1. The van der Waals surface area contributed by atoms with E-state index in [0.29, 0.717) is 5.82 Å². The van der Waals surface area contributed by atoms with Crippen molar-refractivity contribution in [2.75, 3.05) is 12.8 Å². The average molecular weight is 236 g/mol. The molecule has 2 rings (SSSR count). The molecule has 0 radical (unpaired) electrons. The lowest BCUT2D eigenvalue weighted by Gasteiger charge is -2.39. The lowest BCUT2D eigenvalue weighted by atomic mass is 9.79. The number of ether oxygens (including phenoxy) is 1. The maximum Gasteiger partial charge on any atom is 0.223 e. The summed E-state index contributed by atoms with van der Waals surface area (Å²) in [5.74, 6) is 1.69. The molecular formula is C12H20N4O. The largest absolute Gasteiger partial charge is 0.370 e. The molecule has 0 spiro atoms. The highest BCUT2D eigenvalue weighted by molar-refractivity contribution is 5.22. The van der Waals surface area contributed by atoms with Crippen molar-refractivity contribution >= 4 is 5.95 Å². The number of anilines is 1. The fourth-order valence-electron chi connectivity index (χ4n) is 1.95. The molecule has 1 heterocycles. The van der Waals surface area contributed by atoms with Crippen molar-refractivity contribution in [3.05, 3.63) is 11.6 Å². The SMILES string of the molecule is COC1(c2nc(N)nc(C(C)(C)C)n2)CCC1. The van der Waals surface area contributed by atoms with Gasteiger partial charge in [0.25, 0.3) is 0 Å². The zero-order valence-corrected chi connectivity index (χ0v) is 10.9. The summed E-state index contributed by atoms with van der Waals surface area (Å²) < 4.78 is 5.57. The predicted molar refractivity (Wildman–Crippen MR) is 65.5 cm³/mol. The smallest absolute Gasteiger partial charge is 0.223 e. The first-order chi connectivity index (χ1) is 7.87. The summed E-state index contributed by atoms with van der Waals surface area (Å²) in [6, 6.07) is 0. The van der Waals surface area contributed by atoms with Crippen LogP contribution < -0.4 is 5.73 Å². The number of nitrogen functional groups attached to an aromatic ring is 1. The minimum atomic E-state index is -0.336. The van der Waals surface area contributed by atoms with Crippen LogP contribution in [0.25, 0.3) is 0 Å². The van der Waals surface area contributed by atoms with Gasteiger partial charge in [0.15, 0.2) is 5.82 Å². The van der Waals surface area contributed by atoms with Gasteiger partial charge in [0.05, 0.1) is 0 Å². The van der Waals surface area contributed by atoms with Crippen molar-refractivity contribution in [1.29, 1.82) is 0 Å². The van der Waals surface area contributed by atoms with Crippen molar-refractivity contribution in [3.8, 4) is 0 Å². The number of rotatable bonds is 2. The molecule has 94 valence electrons. The Kier molecular flexibility index (Phi) is 2.81. The molecule has 1 aliphatic carbocycles. The van der Waals surface area contributed by atoms with Gasteiger partial charge < -0.3 is 10.5 Å². The van der Waals surface area contributed by atoms with E-state index in [1.54, 1.807) is 7.11 Å². The molecule has 17 heavy (non-hydrogen) atoms. The minimum Gasteiger partial charge on any atom is -0.370 e. The summed E-state index contributed by atoms with van der Waals surface area (Å²) in [5, 5.41) is 0. The highest BCUT2D eigenvalue weighted by Crippen LogP contribution is 2.42. The van der Waals surface area contributed by atoms with Crippen LogP contribution >= 0.6 is 0 Å². The van der Waals surface area contributed by atoms with Crippen LogP contribution in [0.5, 0.6) is 0 Å². The van der Waals surface area contributed by atoms with Gasteiger partial charge in [0.2, 0.25) is 5.95 Å². The standard InChI is InChI=1S/C12H20N4O/c1-11(2,3)8-14-9(16-10(13)15-8)12(17-4)6-5-7-12/h5-7H2,1-4H3,(H2,13,14,15,16). The molecule has 1 aliphatic rings. The Morgan fingerprint density at radius 2 is 1.82 bits per heavy atom. The molecule has 0 amide bonds. The van der Waals surface area contributed by atoms with Crippen molar-refractivity contribution in [3.63, 3.8) is 0 Å². The highest BCUT2D eigenvalue weighted by Gasteiger charge is 2.42. The van der Waals surface area contributed by atoms with Crippen LogP contribution in [0.3, 0.4) is 0 Å².